The van der Waals surface area contributed by atoms with Crippen molar-refractivity contribution in [3.63, 3.8) is 0 Å². The van der Waals surface area contributed by atoms with E-state index in [1.165, 1.54) is 42.6 Å². The van der Waals surface area contributed by atoms with Crippen LogP contribution in [0, 0.1) is 6.85 Å². The maximum Gasteiger partial charge on any atom is 0.149 e. The van der Waals surface area contributed by atoms with Gasteiger partial charge in [-0.1, -0.05) is 210 Å². The van der Waals surface area contributed by atoms with Gasteiger partial charge in [0.05, 0.1) is 28.0 Å². The maximum absolute atomic E-state index is 13.3. The number of hydrogen-bond donors (Lipinski definition) is 1. The molecule has 0 aliphatic rings. The van der Waals surface area contributed by atoms with Gasteiger partial charge in [0, 0.05) is 64.0 Å². The molecule has 10 aromatic rings. The zero-order valence-corrected chi connectivity index (χ0v) is 41.2. The number of imidazole rings is 1. The normalized spacial score (nSPS) is 20.0. The summed E-state index contributed by atoms with van der Waals surface area (Å²) in [6.07, 6.45) is 1.45. The Bertz CT molecular complexity index is 4800. The van der Waals surface area contributed by atoms with Crippen molar-refractivity contribution in [2.75, 3.05) is 0 Å². The Labute approximate surface area is 488 Å². The summed E-state index contributed by atoms with van der Waals surface area (Å²) < 4.78 is 264. The third-order valence-corrected chi connectivity index (χ3v) is 13.4. The van der Waals surface area contributed by atoms with Crippen LogP contribution in [0.4, 0.5) is 0 Å². The molecule has 0 fully saturated rings. The average Bonchev–Trinajstić information content (AvgIpc) is 1.16. The molecule has 4 nitrogen and oxygen atoms in total. The first-order valence-electron chi connectivity index (χ1n) is 39.0. The first kappa shape index (κ1) is 26.1. The van der Waals surface area contributed by atoms with Crippen LogP contribution >= 0.6 is 0 Å². The Morgan fingerprint density at radius 2 is 1.07 bits per heavy atom. The van der Waals surface area contributed by atoms with Crippen LogP contribution in [-0.4, -0.2) is 19.6 Å². The summed E-state index contributed by atoms with van der Waals surface area (Å²) in [7, 11) is 0. The quantitative estimate of drug-likeness (QED) is 0.165. The number of aromatic hydroxyl groups is 1. The van der Waals surface area contributed by atoms with Crippen LogP contribution in [0.3, 0.4) is 0 Å². The monoisotopic (exact) mass is 1010 g/mol. The van der Waals surface area contributed by atoms with Gasteiger partial charge in [-0.3, -0.25) is 9.55 Å². The molecule has 376 valence electrons. The van der Waals surface area contributed by atoms with Gasteiger partial charge in [-0.15, -0.1) is 0 Å². The van der Waals surface area contributed by atoms with E-state index in [0.717, 1.165) is 27.8 Å². The zero-order chi connectivity index (χ0) is 78.2. The molecule has 0 bridgehead atoms. The van der Waals surface area contributed by atoms with Crippen LogP contribution in [0.15, 0.2) is 188 Å². The van der Waals surface area contributed by atoms with E-state index in [4.69, 9.17) is 47.0 Å². The molecule has 0 amide bonds. The lowest BCUT2D eigenvalue weighted by molar-refractivity contribution is 0.446. The Kier molecular flexibility index (Phi) is 6.66. The third kappa shape index (κ3) is 9.99. The Morgan fingerprint density at radius 1 is 0.440 bits per heavy atom. The molecule has 75 heavy (non-hydrogen) atoms. The van der Waals surface area contributed by atoms with E-state index in [0.29, 0.717) is 56.1 Å². The van der Waals surface area contributed by atoms with E-state index < -0.39 is 130 Å². The van der Waals surface area contributed by atoms with Crippen molar-refractivity contribution in [2.24, 2.45) is 0 Å². The first-order chi connectivity index (χ1) is 48.0. The number of aromatic nitrogens is 3. The lowest BCUT2D eigenvalue weighted by Gasteiger charge is -2.28. The minimum Gasteiger partial charge on any atom is -0.507 e. The molecule has 4 heteroatoms. The van der Waals surface area contributed by atoms with Crippen LogP contribution in [0.25, 0.3) is 95.0 Å². The summed E-state index contributed by atoms with van der Waals surface area (Å²) in [6.45, 7) is -33.4. The standard InChI is InChI=1S/C71H71N3O/c1-45-38-50(64-56(48-24-18-15-19-25-48)26-20-28-59(64)70(8,9)10)32-35-62(45)74-63-29-21-27-57(65(63)73-67(74)58-43-55(69(5,6)7)44-60(66(58)75)71(11,12)13)52-39-51(46-22-16-14-17-23-46)40-53(41-52)61-42-49(36-37-72-61)47-30-33-54(34-31-47)68(2,3)4/h14-44,75H,1-13H3/i1D3,2D3,3D3,4D3,5D3,6D3,7D3,11D3,12D3,13D3. The smallest absolute Gasteiger partial charge is 0.149 e. The fraction of sp³-hybridized carbons (Fsp3) is 0.239. The second-order valence-electron chi connectivity index (χ2n) is 19.9. The van der Waals surface area contributed by atoms with Crippen LogP contribution in [0.1, 0.15) is 151 Å². The maximum atomic E-state index is 13.3. The molecule has 10 rings (SSSR count). The van der Waals surface area contributed by atoms with Crippen LogP contribution in [0.2, 0.25) is 0 Å². The molecular formula is C71H71N3O. The molecule has 2 heterocycles. The van der Waals surface area contributed by atoms with Crippen molar-refractivity contribution in [3.05, 3.63) is 216 Å². The van der Waals surface area contributed by atoms with Gasteiger partial charge in [-0.25, -0.2) is 4.98 Å². The number of fused-ring (bicyclic) bond motifs is 1. The number of benzene rings is 8. The van der Waals surface area contributed by atoms with E-state index in [2.05, 4.69) is 0 Å². The molecule has 8 aromatic carbocycles. The van der Waals surface area contributed by atoms with Gasteiger partial charge >= 0.3 is 0 Å². The summed E-state index contributed by atoms with van der Waals surface area (Å²) in [5.74, 6) is -2.33. The molecule has 1 N–H and O–H groups in total. The number of para-hydroxylation sites is 1. The molecule has 0 spiro atoms. The minimum absolute atomic E-state index is 0.0793. The lowest BCUT2D eigenvalue weighted by atomic mass is 9.78. The van der Waals surface area contributed by atoms with Crippen LogP contribution in [-0.2, 0) is 21.7 Å². The van der Waals surface area contributed by atoms with Gasteiger partial charge in [0.15, 0.2) is 0 Å². The Balaban J connectivity index is 1.36. The molecule has 0 saturated heterocycles. The third-order valence-electron chi connectivity index (χ3n) is 13.4. The van der Waals surface area contributed by atoms with E-state index in [1.807, 2.05) is 69.3 Å². The van der Waals surface area contributed by atoms with Crippen molar-refractivity contribution in [2.45, 2.75) is 111 Å². The second kappa shape index (κ2) is 19.1. The summed E-state index contributed by atoms with van der Waals surface area (Å²) in [5, 5.41) is 13.3. The van der Waals surface area contributed by atoms with Crippen molar-refractivity contribution in [1.29, 1.82) is 0 Å². The van der Waals surface area contributed by atoms with Gasteiger partial charge in [-0.05, 0) is 155 Å². The highest BCUT2D eigenvalue weighted by molar-refractivity contribution is 5.98. The van der Waals surface area contributed by atoms with E-state index in [-0.39, 0.29) is 34.0 Å². The number of phenolic OH excluding ortho intramolecular Hbond substituents is 1. The number of phenols is 1. The molecule has 0 aliphatic carbocycles. The average molecular weight is 1010 g/mol. The first-order valence-corrected chi connectivity index (χ1v) is 24.0. The molecule has 0 radical (unpaired) electrons. The fourth-order valence-corrected chi connectivity index (χ4v) is 9.71. The fourth-order valence-electron chi connectivity index (χ4n) is 9.71. The number of aryl methyl sites for hydroxylation is 1. The highest BCUT2D eigenvalue weighted by Crippen LogP contribution is 2.47. The van der Waals surface area contributed by atoms with Crippen molar-refractivity contribution < 1.29 is 46.2 Å². The zero-order valence-electron chi connectivity index (χ0n) is 71.2. The summed E-state index contributed by atoms with van der Waals surface area (Å²) in [5.41, 5.74) is -11.7. The van der Waals surface area contributed by atoms with E-state index in [9.17, 15) is 9.22 Å². The van der Waals surface area contributed by atoms with Crippen LogP contribution < -0.4 is 0 Å². The minimum atomic E-state index is -4.33. The number of hydrogen-bond acceptors (Lipinski definition) is 3. The van der Waals surface area contributed by atoms with E-state index >= 15 is 0 Å². The molecule has 2 aromatic heterocycles. The van der Waals surface area contributed by atoms with Crippen molar-refractivity contribution >= 4 is 11.0 Å². The molecular weight excluding hydrogens is 911 g/mol. The lowest BCUT2D eigenvalue weighted by Crippen LogP contribution is -2.17. The summed E-state index contributed by atoms with van der Waals surface area (Å²) >= 11 is 0. The largest absolute Gasteiger partial charge is 0.507 e. The van der Waals surface area contributed by atoms with Crippen LogP contribution in [0.5, 0.6) is 5.75 Å². The topological polar surface area (TPSA) is 50.9 Å². The van der Waals surface area contributed by atoms with Gasteiger partial charge in [0.2, 0.25) is 0 Å². The van der Waals surface area contributed by atoms with Crippen molar-refractivity contribution in [1.82, 2.24) is 14.5 Å². The highest BCUT2D eigenvalue weighted by Gasteiger charge is 2.30. The number of rotatable bonds is 8. The number of pyridine rings is 1. The van der Waals surface area contributed by atoms with Gasteiger partial charge in [-0.2, -0.15) is 0 Å². The molecule has 0 aliphatic heterocycles. The van der Waals surface area contributed by atoms with Crippen molar-refractivity contribution in [3.8, 4) is 89.7 Å². The molecule has 0 atom stereocenters. The second-order valence-corrected chi connectivity index (χ2v) is 19.9. The van der Waals surface area contributed by atoms with Gasteiger partial charge < -0.3 is 5.11 Å². The highest BCUT2D eigenvalue weighted by atomic mass is 16.3. The SMILES string of the molecule is [2H]C([2H])([2H])c1cc(-c2c(-c3ccccc3)cccc2C(C)(C)C)ccc1-n1c(-c2cc(C(C([2H])([2H])[2H])(C([2H])([2H])[2H])C([2H])([2H])[2H])cc(C(C([2H])([2H])[2H])(C([2H])([2H])[2H])C([2H])([2H])[2H])c2O)nc2c(-c3cc(-c4ccccc4)cc(-c4cc(-c5ccc(C(C([2H])([2H])[2H])(C([2H])([2H])[2H])C([2H])([2H])[2H])cc5)ccn4)c3)cccc21. The summed E-state index contributed by atoms with van der Waals surface area (Å²) in [4.78, 5) is 9.83. The number of nitrogens with zero attached hydrogens (tertiary/aromatic N) is 3. The molecule has 0 unspecified atom stereocenters. The summed E-state index contributed by atoms with van der Waals surface area (Å²) in [6, 6.07) is 46.9. The van der Waals surface area contributed by atoms with E-state index in [1.54, 1.807) is 72.8 Å². The molecule has 0 saturated carbocycles. The Hall–Kier alpha value is -7.82. The van der Waals surface area contributed by atoms with Gasteiger partial charge in [0.25, 0.3) is 0 Å². The predicted molar refractivity (Wildman–Crippen MR) is 318 cm³/mol. The predicted octanol–water partition coefficient (Wildman–Crippen LogP) is 19.3. The Morgan fingerprint density at radius 3 is 1.76 bits per heavy atom. The van der Waals surface area contributed by atoms with Gasteiger partial charge in [0.1, 0.15) is 11.6 Å².